The molecule has 0 fully saturated rings. The van der Waals surface area contributed by atoms with Crippen LogP contribution in [0.4, 0.5) is 0 Å². The quantitative estimate of drug-likeness (QED) is 0.760. The Morgan fingerprint density at radius 1 is 1.30 bits per heavy atom. The number of carboxylic acids is 1. The summed E-state index contributed by atoms with van der Waals surface area (Å²) in [6, 6.07) is 9.53. The first-order chi connectivity index (χ1) is 9.58. The van der Waals surface area contributed by atoms with Gasteiger partial charge < -0.3 is 15.2 Å². The molecule has 1 amide bonds. The Balaban J connectivity index is 2.58. The lowest BCUT2D eigenvalue weighted by Crippen LogP contribution is -2.37. The lowest BCUT2D eigenvalue weighted by atomic mass is 9.95. The summed E-state index contributed by atoms with van der Waals surface area (Å²) in [5, 5.41) is 11.5. The van der Waals surface area contributed by atoms with Crippen molar-refractivity contribution in [1.29, 1.82) is 0 Å². The molecule has 0 heterocycles. The van der Waals surface area contributed by atoms with E-state index in [1.54, 1.807) is 0 Å². The van der Waals surface area contributed by atoms with Gasteiger partial charge >= 0.3 is 5.97 Å². The number of ether oxygens (including phenoxy) is 1. The zero-order valence-electron chi connectivity index (χ0n) is 11.8. The molecule has 1 rings (SSSR count). The van der Waals surface area contributed by atoms with Crippen molar-refractivity contribution in [3.63, 3.8) is 0 Å². The van der Waals surface area contributed by atoms with Crippen LogP contribution in [0.5, 0.6) is 0 Å². The first-order valence-corrected chi connectivity index (χ1v) is 6.65. The molecule has 1 aromatic rings. The molecule has 0 bridgehead atoms. The van der Waals surface area contributed by atoms with Crippen LogP contribution >= 0.6 is 0 Å². The fourth-order valence-electron chi connectivity index (χ4n) is 2.03. The molecule has 5 heteroatoms. The molecule has 0 spiro atoms. The molecular weight excluding hydrogens is 258 g/mol. The largest absolute Gasteiger partial charge is 0.481 e. The minimum absolute atomic E-state index is 0.105. The third-order valence-electron chi connectivity index (χ3n) is 3.17. The van der Waals surface area contributed by atoms with E-state index in [0.29, 0.717) is 6.42 Å². The second kappa shape index (κ2) is 8.32. The minimum atomic E-state index is -0.943. The fourth-order valence-corrected chi connectivity index (χ4v) is 2.03. The average molecular weight is 279 g/mol. The maximum Gasteiger partial charge on any atom is 0.306 e. The van der Waals surface area contributed by atoms with Gasteiger partial charge in [-0.2, -0.15) is 0 Å². The molecule has 2 atom stereocenters. The Kier molecular flexibility index (Phi) is 6.73. The monoisotopic (exact) mass is 279 g/mol. The van der Waals surface area contributed by atoms with Crippen molar-refractivity contribution in [1.82, 2.24) is 5.32 Å². The van der Waals surface area contributed by atoms with Gasteiger partial charge in [0, 0.05) is 13.7 Å². The van der Waals surface area contributed by atoms with Gasteiger partial charge in [0.1, 0.15) is 0 Å². The predicted molar refractivity (Wildman–Crippen MR) is 75.5 cm³/mol. The highest BCUT2D eigenvalue weighted by Gasteiger charge is 2.20. The Morgan fingerprint density at radius 3 is 2.45 bits per heavy atom. The van der Waals surface area contributed by atoms with Crippen LogP contribution in [0.1, 0.15) is 31.2 Å². The summed E-state index contributed by atoms with van der Waals surface area (Å²) in [6.07, 6.45) is 0.0513. The summed E-state index contributed by atoms with van der Waals surface area (Å²) >= 11 is 0. The van der Waals surface area contributed by atoms with Crippen molar-refractivity contribution >= 4 is 11.9 Å². The molecule has 0 aliphatic heterocycles. The van der Waals surface area contributed by atoms with E-state index in [2.05, 4.69) is 5.32 Å². The number of amides is 1. The van der Waals surface area contributed by atoms with Crippen molar-refractivity contribution in [2.24, 2.45) is 0 Å². The van der Waals surface area contributed by atoms with E-state index < -0.39 is 12.1 Å². The number of aliphatic carboxylic acids is 1. The van der Waals surface area contributed by atoms with Crippen molar-refractivity contribution in [2.75, 3.05) is 13.7 Å². The van der Waals surface area contributed by atoms with E-state index >= 15 is 0 Å². The van der Waals surface area contributed by atoms with E-state index in [1.807, 2.05) is 37.3 Å². The molecule has 110 valence electrons. The molecular formula is C15H21NO4. The number of hydrogen-bond acceptors (Lipinski definition) is 3. The maximum absolute atomic E-state index is 12.2. The molecule has 0 saturated carbocycles. The first kappa shape index (κ1) is 16.2. The normalized spacial score (nSPS) is 13.5. The van der Waals surface area contributed by atoms with Gasteiger partial charge in [-0.3, -0.25) is 9.59 Å². The Morgan fingerprint density at radius 2 is 1.95 bits per heavy atom. The average Bonchev–Trinajstić information content (AvgIpc) is 2.45. The van der Waals surface area contributed by atoms with Gasteiger partial charge in [0.05, 0.1) is 18.4 Å². The second-order valence-electron chi connectivity index (χ2n) is 4.57. The van der Waals surface area contributed by atoms with Gasteiger partial charge in [-0.25, -0.2) is 0 Å². The lowest BCUT2D eigenvalue weighted by Gasteiger charge is -2.18. The smallest absolute Gasteiger partial charge is 0.306 e. The Hall–Kier alpha value is -1.88. The standard InChI is InChI=1S/C15H21NO4/c1-3-13(11-7-5-4-6-8-11)15(19)16-10-12(20-2)9-14(17)18/h4-8,12-13H,3,9-10H2,1-2H3,(H,16,19)(H,17,18). The number of rotatable bonds is 8. The fraction of sp³-hybridized carbons (Fsp3) is 0.467. The van der Waals surface area contributed by atoms with Crippen LogP contribution in [0.2, 0.25) is 0 Å². The second-order valence-corrected chi connectivity index (χ2v) is 4.57. The van der Waals surface area contributed by atoms with Crippen molar-refractivity contribution in [3.8, 4) is 0 Å². The zero-order valence-corrected chi connectivity index (χ0v) is 11.8. The van der Waals surface area contributed by atoms with Crippen LogP contribution < -0.4 is 5.32 Å². The topological polar surface area (TPSA) is 75.6 Å². The molecule has 2 unspecified atom stereocenters. The van der Waals surface area contributed by atoms with Gasteiger partial charge in [0.25, 0.3) is 0 Å². The predicted octanol–water partition coefficient (Wildman–Crippen LogP) is 1.79. The van der Waals surface area contributed by atoms with Gasteiger partial charge in [-0.05, 0) is 12.0 Å². The zero-order chi connectivity index (χ0) is 15.0. The molecule has 0 radical (unpaired) electrons. The van der Waals surface area contributed by atoms with Gasteiger partial charge in [-0.15, -0.1) is 0 Å². The molecule has 0 aliphatic rings. The van der Waals surface area contributed by atoms with E-state index in [-0.39, 0.29) is 24.8 Å². The highest BCUT2D eigenvalue weighted by molar-refractivity contribution is 5.83. The van der Waals surface area contributed by atoms with Gasteiger partial charge in [0.15, 0.2) is 0 Å². The molecule has 20 heavy (non-hydrogen) atoms. The number of nitrogens with one attached hydrogen (secondary N) is 1. The summed E-state index contributed by atoms with van der Waals surface area (Å²) in [4.78, 5) is 22.8. The molecule has 5 nitrogen and oxygen atoms in total. The Bertz CT molecular complexity index is 433. The van der Waals surface area contributed by atoms with E-state index in [1.165, 1.54) is 7.11 Å². The molecule has 1 aromatic carbocycles. The summed E-state index contributed by atoms with van der Waals surface area (Å²) in [6.45, 7) is 2.15. The maximum atomic E-state index is 12.2. The van der Waals surface area contributed by atoms with Crippen molar-refractivity contribution in [2.45, 2.75) is 31.8 Å². The van der Waals surface area contributed by atoms with Crippen LogP contribution in [-0.2, 0) is 14.3 Å². The number of benzene rings is 1. The highest BCUT2D eigenvalue weighted by Crippen LogP contribution is 2.19. The highest BCUT2D eigenvalue weighted by atomic mass is 16.5. The molecule has 2 N–H and O–H groups in total. The number of carbonyl (C=O) groups is 2. The van der Waals surface area contributed by atoms with Crippen LogP contribution in [0.3, 0.4) is 0 Å². The van der Waals surface area contributed by atoms with Crippen LogP contribution in [-0.4, -0.2) is 36.7 Å². The summed E-state index contributed by atoms with van der Waals surface area (Å²) in [5.41, 5.74) is 0.958. The summed E-state index contributed by atoms with van der Waals surface area (Å²) < 4.78 is 5.04. The van der Waals surface area contributed by atoms with E-state index in [0.717, 1.165) is 5.56 Å². The minimum Gasteiger partial charge on any atom is -0.481 e. The number of carbonyl (C=O) groups excluding carboxylic acids is 1. The molecule has 0 aromatic heterocycles. The number of methoxy groups -OCH3 is 1. The van der Waals surface area contributed by atoms with Crippen molar-refractivity contribution < 1.29 is 19.4 Å². The summed E-state index contributed by atoms with van der Waals surface area (Å²) in [5.74, 6) is -1.27. The number of carboxylic acid groups (broad SMARTS) is 1. The van der Waals surface area contributed by atoms with Gasteiger partial charge in [-0.1, -0.05) is 37.3 Å². The number of hydrogen-bond donors (Lipinski definition) is 2. The third kappa shape index (κ3) is 5.01. The lowest BCUT2D eigenvalue weighted by molar-refractivity contribution is -0.140. The van der Waals surface area contributed by atoms with Crippen LogP contribution in [0.15, 0.2) is 30.3 Å². The SMILES string of the molecule is CCC(C(=O)NCC(CC(=O)O)OC)c1ccccc1. The van der Waals surface area contributed by atoms with Gasteiger partial charge in [0.2, 0.25) is 5.91 Å². The summed E-state index contributed by atoms with van der Waals surface area (Å²) in [7, 11) is 1.44. The third-order valence-corrected chi connectivity index (χ3v) is 3.17. The Labute approximate surface area is 118 Å². The van der Waals surface area contributed by atoms with E-state index in [4.69, 9.17) is 9.84 Å². The first-order valence-electron chi connectivity index (χ1n) is 6.65. The van der Waals surface area contributed by atoms with Crippen LogP contribution in [0.25, 0.3) is 0 Å². The molecule has 0 aliphatic carbocycles. The molecule has 0 saturated heterocycles. The van der Waals surface area contributed by atoms with E-state index in [9.17, 15) is 9.59 Å². The van der Waals surface area contributed by atoms with Crippen LogP contribution in [0, 0.1) is 0 Å². The van der Waals surface area contributed by atoms with Crippen molar-refractivity contribution in [3.05, 3.63) is 35.9 Å².